The Morgan fingerprint density at radius 2 is 1.68 bits per heavy atom. The monoisotopic (exact) mass is 428 g/mol. The summed E-state index contributed by atoms with van der Waals surface area (Å²) in [5.74, 6) is -0.537. The van der Waals surface area contributed by atoms with Crippen LogP contribution >= 0.6 is 23.2 Å². The Kier molecular flexibility index (Phi) is 7.31. The lowest BCUT2D eigenvalue weighted by Crippen LogP contribution is -2.57. The van der Waals surface area contributed by atoms with E-state index in [-0.39, 0.29) is 11.8 Å². The Labute approximate surface area is 175 Å². The van der Waals surface area contributed by atoms with Gasteiger partial charge in [-0.15, -0.1) is 0 Å². The van der Waals surface area contributed by atoms with Gasteiger partial charge in [0.05, 0.1) is 16.6 Å². The molecule has 1 atom stereocenters. The van der Waals surface area contributed by atoms with Crippen LogP contribution in [0.5, 0.6) is 0 Å². The van der Waals surface area contributed by atoms with Crippen molar-refractivity contribution in [2.24, 2.45) is 0 Å². The number of carbonyl (C=O) groups is 3. The van der Waals surface area contributed by atoms with Gasteiger partial charge in [0.2, 0.25) is 5.91 Å². The minimum atomic E-state index is -0.518. The number of rotatable bonds is 3. The molecule has 1 aliphatic heterocycles. The predicted molar refractivity (Wildman–Crippen MR) is 110 cm³/mol. The summed E-state index contributed by atoms with van der Waals surface area (Å²) in [5.41, 5.74) is -0.0214. The van der Waals surface area contributed by atoms with E-state index in [0.29, 0.717) is 41.8 Å². The highest BCUT2D eigenvalue weighted by molar-refractivity contribution is 6.36. The molecule has 1 saturated heterocycles. The Morgan fingerprint density at radius 3 is 2.21 bits per heavy atom. The molecule has 1 aliphatic rings. The van der Waals surface area contributed by atoms with Crippen molar-refractivity contribution < 1.29 is 14.4 Å². The molecule has 0 spiro atoms. The van der Waals surface area contributed by atoms with Crippen molar-refractivity contribution in [3.63, 3.8) is 0 Å². The van der Waals surface area contributed by atoms with E-state index in [1.54, 1.807) is 30.0 Å². The molecule has 1 fully saturated rings. The number of piperazine rings is 1. The molecule has 7 nitrogen and oxygen atoms in total. The third-order valence-corrected chi connectivity index (χ3v) is 4.96. The molecule has 0 aromatic heterocycles. The van der Waals surface area contributed by atoms with Crippen molar-refractivity contribution in [3.8, 4) is 0 Å². The highest BCUT2D eigenvalue weighted by Crippen LogP contribution is 2.23. The average Bonchev–Trinajstić information content (AvgIpc) is 2.59. The number of carbonyl (C=O) groups excluding carboxylic acids is 3. The fraction of sp³-hybridized carbons (Fsp3) is 0.526. The fourth-order valence-electron chi connectivity index (χ4n) is 2.90. The van der Waals surface area contributed by atoms with Crippen LogP contribution in [0.4, 0.5) is 4.79 Å². The number of imide groups is 1. The van der Waals surface area contributed by atoms with E-state index < -0.39 is 17.6 Å². The van der Waals surface area contributed by atoms with Crippen LogP contribution < -0.4 is 10.6 Å². The molecular weight excluding hydrogens is 403 g/mol. The zero-order valence-electron chi connectivity index (χ0n) is 16.5. The summed E-state index contributed by atoms with van der Waals surface area (Å²) in [6.45, 7) is 9.22. The lowest BCUT2D eigenvalue weighted by molar-refractivity contribution is -0.125. The van der Waals surface area contributed by atoms with Crippen LogP contribution in [0.15, 0.2) is 18.2 Å². The molecule has 28 heavy (non-hydrogen) atoms. The summed E-state index contributed by atoms with van der Waals surface area (Å²) in [6.07, 6.45) is 0. The summed E-state index contributed by atoms with van der Waals surface area (Å²) in [6, 6.07) is 3.79. The third-order valence-electron chi connectivity index (χ3n) is 4.42. The number of nitrogens with one attached hydrogen (secondary N) is 2. The van der Waals surface area contributed by atoms with Gasteiger partial charge in [0.25, 0.3) is 5.91 Å². The molecule has 1 aromatic rings. The van der Waals surface area contributed by atoms with Crippen molar-refractivity contribution in [1.82, 2.24) is 20.4 Å². The molecule has 0 aliphatic carbocycles. The lowest BCUT2D eigenvalue weighted by Gasteiger charge is -2.37. The molecule has 2 rings (SSSR count). The summed E-state index contributed by atoms with van der Waals surface area (Å²) in [5, 5.41) is 5.85. The van der Waals surface area contributed by atoms with Crippen LogP contribution in [0.25, 0.3) is 0 Å². The standard InChI is InChI=1S/C19H26Cl2N4O3/c1-12(16(26)22-18(28)23-19(2,3)4)24-7-9-25(10-8-24)17(27)14-6-5-13(20)11-15(14)21/h5-6,11-12H,7-10H2,1-4H3,(H2,22,23,26,28). The average molecular weight is 429 g/mol. The summed E-state index contributed by atoms with van der Waals surface area (Å²) in [7, 11) is 0. The minimum absolute atomic E-state index is 0.164. The smallest absolute Gasteiger partial charge is 0.321 e. The Morgan fingerprint density at radius 1 is 1.07 bits per heavy atom. The van der Waals surface area contributed by atoms with Crippen molar-refractivity contribution in [1.29, 1.82) is 0 Å². The van der Waals surface area contributed by atoms with Crippen LogP contribution in [0.3, 0.4) is 0 Å². The first-order valence-corrected chi connectivity index (χ1v) is 9.85. The van der Waals surface area contributed by atoms with Crippen LogP contribution in [-0.2, 0) is 4.79 Å². The number of halogens is 2. The van der Waals surface area contributed by atoms with Gasteiger partial charge < -0.3 is 10.2 Å². The van der Waals surface area contributed by atoms with E-state index >= 15 is 0 Å². The van der Waals surface area contributed by atoms with Crippen molar-refractivity contribution in [2.45, 2.75) is 39.3 Å². The molecular formula is C19H26Cl2N4O3. The SMILES string of the molecule is CC(C(=O)NC(=O)NC(C)(C)C)N1CCN(C(=O)c2ccc(Cl)cc2Cl)CC1. The molecule has 0 bridgehead atoms. The van der Waals surface area contributed by atoms with E-state index in [2.05, 4.69) is 10.6 Å². The van der Waals surface area contributed by atoms with Gasteiger partial charge in [0.15, 0.2) is 0 Å². The van der Waals surface area contributed by atoms with E-state index in [1.165, 1.54) is 0 Å². The second-order valence-electron chi connectivity index (χ2n) is 7.82. The fourth-order valence-corrected chi connectivity index (χ4v) is 3.39. The maximum absolute atomic E-state index is 12.7. The number of nitrogens with zero attached hydrogens (tertiary/aromatic N) is 2. The normalized spacial score (nSPS) is 16.4. The third kappa shape index (κ3) is 6.09. The van der Waals surface area contributed by atoms with Crippen LogP contribution in [0.1, 0.15) is 38.1 Å². The van der Waals surface area contributed by atoms with E-state index in [0.717, 1.165) is 0 Å². The van der Waals surface area contributed by atoms with Crippen LogP contribution in [0.2, 0.25) is 10.0 Å². The van der Waals surface area contributed by atoms with Crippen molar-refractivity contribution in [3.05, 3.63) is 33.8 Å². The highest BCUT2D eigenvalue weighted by Gasteiger charge is 2.29. The molecule has 2 N–H and O–H groups in total. The minimum Gasteiger partial charge on any atom is -0.336 e. The van der Waals surface area contributed by atoms with Gasteiger partial charge >= 0.3 is 6.03 Å². The van der Waals surface area contributed by atoms with E-state index in [1.807, 2.05) is 25.7 Å². The van der Waals surface area contributed by atoms with Crippen molar-refractivity contribution >= 4 is 41.0 Å². The molecule has 4 amide bonds. The van der Waals surface area contributed by atoms with E-state index in [4.69, 9.17) is 23.2 Å². The van der Waals surface area contributed by atoms with Gasteiger partial charge in [-0.05, 0) is 45.9 Å². The number of benzene rings is 1. The van der Waals surface area contributed by atoms with Gasteiger partial charge in [0.1, 0.15) is 0 Å². The topological polar surface area (TPSA) is 81.8 Å². The van der Waals surface area contributed by atoms with Crippen LogP contribution in [0, 0.1) is 0 Å². The highest BCUT2D eigenvalue weighted by atomic mass is 35.5. The lowest BCUT2D eigenvalue weighted by atomic mass is 10.1. The quantitative estimate of drug-likeness (QED) is 0.775. The first-order chi connectivity index (χ1) is 13.0. The van der Waals surface area contributed by atoms with Gasteiger partial charge in [-0.3, -0.25) is 19.8 Å². The Hall–Kier alpha value is -1.83. The molecule has 1 unspecified atom stereocenters. The summed E-state index contributed by atoms with van der Waals surface area (Å²) >= 11 is 12.0. The largest absolute Gasteiger partial charge is 0.336 e. The number of amides is 4. The number of urea groups is 1. The zero-order valence-corrected chi connectivity index (χ0v) is 18.0. The molecule has 0 saturated carbocycles. The Balaban J connectivity index is 1.89. The van der Waals surface area contributed by atoms with Crippen molar-refractivity contribution in [2.75, 3.05) is 26.2 Å². The maximum Gasteiger partial charge on any atom is 0.321 e. The molecule has 9 heteroatoms. The second kappa shape index (κ2) is 9.11. The predicted octanol–water partition coefficient (Wildman–Crippen LogP) is 2.76. The molecule has 1 heterocycles. The van der Waals surface area contributed by atoms with E-state index in [9.17, 15) is 14.4 Å². The van der Waals surface area contributed by atoms with Gasteiger partial charge in [0, 0.05) is 36.7 Å². The number of hydrogen-bond donors (Lipinski definition) is 2. The molecule has 154 valence electrons. The first kappa shape index (κ1) is 22.5. The van der Waals surface area contributed by atoms with Gasteiger partial charge in [-0.25, -0.2) is 4.79 Å². The first-order valence-electron chi connectivity index (χ1n) is 9.09. The van der Waals surface area contributed by atoms with Crippen LogP contribution in [-0.4, -0.2) is 65.4 Å². The maximum atomic E-state index is 12.7. The van der Waals surface area contributed by atoms with Gasteiger partial charge in [-0.2, -0.15) is 0 Å². The summed E-state index contributed by atoms with van der Waals surface area (Å²) in [4.78, 5) is 40.5. The molecule has 1 aromatic carbocycles. The zero-order chi connectivity index (χ0) is 21.1. The Bertz CT molecular complexity index is 756. The second-order valence-corrected chi connectivity index (χ2v) is 8.67. The number of hydrogen-bond acceptors (Lipinski definition) is 4. The molecule has 0 radical (unpaired) electrons. The summed E-state index contributed by atoms with van der Waals surface area (Å²) < 4.78 is 0. The van der Waals surface area contributed by atoms with Gasteiger partial charge in [-0.1, -0.05) is 23.2 Å².